The second-order valence-corrected chi connectivity index (χ2v) is 16.8. The Morgan fingerprint density at radius 1 is 0.822 bits per heavy atom. The molecule has 11 heteroatoms. The number of carboxylic acids is 1. The second-order valence-electron chi connectivity index (χ2n) is 16.8. The zero-order valence-corrected chi connectivity index (χ0v) is 27.2. The van der Waals surface area contributed by atoms with E-state index in [4.69, 9.17) is 0 Å². The van der Waals surface area contributed by atoms with E-state index in [1.54, 1.807) is 26.8 Å². The molecule has 0 aliphatic heterocycles. The molecule has 0 heterocycles. The van der Waals surface area contributed by atoms with Crippen LogP contribution >= 0.6 is 0 Å². The number of hydrogen-bond donors (Lipinski definition) is 1. The summed E-state index contributed by atoms with van der Waals surface area (Å²) in [5.41, 5.74) is -6.67. The lowest BCUT2D eigenvalue weighted by Crippen LogP contribution is -2.64. The van der Waals surface area contributed by atoms with E-state index in [1.165, 1.54) is 0 Å². The Hall–Kier alpha value is -2.07. The molecule has 0 aromatic heterocycles. The fourth-order valence-corrected chi connectivity index (χ4v) is 11.1. The molecular weight excluding hydrogens is 602 g/mol. The molecule has 5 aliphatic rings. The average molecular weight is 649 g/mol. The maximum Gasteiger partial charge on any atom is 0.437 e. The molecule has 1 N–H and O–H groups in total. The van der Waals surface area contributed by atoms with Crippen LogP contribution in [0.1, 0.15) is 106 Å². The Morgan fingerprint density at radius 2 is 1.40 bits per heavy atom. The molecule has 5 rings (SSSR count). The zero-order chi connectivity index (χ0) is 34.0. The van der Waals surface area contributed by atoms with Crippen LogP contribution < -0.4 is 0 Å². The van der Waals surface area contributed by atoms with Gasteiger partial charge < -0.3 is 9.84 Å². The number of aliphatic carboxylic acids is 1. The molecule has 4 saturated carbocycles. The summed E-state index contributed by atoms with van der Waals surface area (Å²) in [6.07, 6.45) is -4.85. The van der Waals surface area contributed by atoms with Crippen molar-refractivity contribution in [1.82, 2.24) is 0 Å². The summed E-state index contributed by atoms with van der Waals surface area (Å²) in [4.78, 5) is 39.8. The molecule has 0 bridgehead atoms. The van der Waals surface area contributed by atoms with E-state index in [9.17, 15) is 45.8 Å². The highest BCUT2D eigenvalue weighted by Gasteiger charge is 2.73. The minimum atomic E-state index is -5.85. The lowest BCUT2D eigenvalue weighted by molar-refractivity contribution is -0.364. The lowest BCUT2D eigenvalue weighted by atomic mass is 9.36. The zero-order valence-electron chi connectivity index (χ0n) is 27.2. The van der Waals surface area contributed by atoms with Crippen molar-refractivity contribution in [1.29, 1.82) is 0 Å². The normalized spacial score (nSPS) is 43.2. The van der Waals surface area contributed by atoms with Crippen LogP contribution in [0.3, 0.4) is 0 Å². The molecule has 0 spiro atoms. The second kappa shape index (κ2) is 9.97. The number of fused-ring (bicyclic) bond motifs is 7. The Morgan fingerprint density at radius 3 is 1.96 bits per heavy atom. The van der Waals surface area contributed by atoms with Crippen molar-refractivity contribution in [3.8, 4) is 0 Å². The topological polar surface area (TPSA) is 80.7 Å². The first kappa shape index (κ1) is 34.3. The fourth-order valence-electron chi connectivity index (χ4n) is 11.1. The summed E-state index contributed by atoms with van der Waals surface area (Å²) in [6, 6.07) is 0. The summed E-state index contributed by atoms with van der Waals surface area (Å²) in [5.74, 6) is -4.32. The third-order valence-corrected chi connectivity index (χ3v) is 14.0. The molecule has 0 amide bonds. The summed E-state index contributed by atoms with van der Waals surface area (Å²) in [5, 5.41) is 10.0. The van der Waals surface area contributed by atoms with E-state index < -0.39 is 63.4 Å². The predicted molar refractivity (Wildman–Crippen MR) is 153 cm³/mol. The summed E-state index contributed by atoms with van der Waals surface area (Å²) >= 11 is 0. The Kier molecular flexibility index (Phi) is 7.59. The van der Waals surface area contributed by atoms with Crippen LogP contribution in [0.15, 0.2) is 11.6 Å². The average Bonchev–Trinajstić information content (AvgIpc) is 2.87. The van der Waals surface area contributed by atoms with Gasteiger partial charge >= 0.3 is 24.3 Å². The van der Waals surface area contributed by atoms with Crippen LogP contribution in [0.25, 0.3) is 0 Å². The van der Waals surface area contributed by atoms with Crippen LogP contribution in [-0.2, 0) is 19.1 Å². The third-order valence-electron chi connectivity index (χ3n) is 14.0. The number of carbonyl (C=O) groups excluding carboxylic acids is 2. The van der Waals surface area contributed by atoms with Crippen molar-refractivity contribution in [3.05, 3.63) is 11.6 Å². The number of rotatable bonds is 3. The minimum absolute atomic E-state index is 0.00336. The van der Waals surface area contributed by atoms with Gasteiger partial charge in [-0.3, -0.25) is 14.4 Å². The van der Waals surface area contributed by atoms with Gasteiger partial charge in [0, 0.05) is 5.92 Å². The van der Waals surface area contributed by atoms with Crippen LogP contribution in [0.4, 0.5) is 26.3 Å². The van der Waals surface area contributed by atoms with Crippen molar-refractivity contribution in [2.24, 2.45) is 56.7 Å². The van der Waals surface area contributed by atoms with E-state index in [2.05, 4.69) is 18.6 Å². The van der Waals surface area contributed by atoms with Gasteiger partial charge in [-0.1, -0.05) is 40.2 Å². The fraction of sp³-hybridized carbons (Fsp3) is 0.853. The van der Waals surface area contributed by atoms with Crippen LogP contribution in [0, 0.1) is 56.7 Å². The summed E-state index contributed by atoms with van der Waals surface area (Å²) in [6.45, 7) is 11.4. The maximum atomic E-state index is 14.3. The number of carboxylic acid groups (broad SMARTS) is 1. The van der Waals surface area contributed by atoms with E-state index in [0.29, 0.717) is 25.7 Å². The molecule has 0 saturated heterocycles. The van der Waals surface area contributed by atoms with Crippen LogP contribution in [0.2, 0.25) is 0 Å². The Bertz CT molecular complexity index is 1300. The first-order valence-corrected chi connectivity index (χ1v) is 16.1. The highest BCUT2D eigenvalue weighted by molar-refractivity contribution is 5.95. The van der Waals surface area contributed by atoms with Crippen molar-refractivity contribution >= 4 is 17.7 Å². The number of esters is 1. The third kappa shape index (κ3) is 4.73. The molecule has 45 heavy (non-hydrogen) atoms. The number of hydrogen-bond acceptors (Lipinski definition) is 4. The highest BCUT2D eigenvalue weighted by Crippen LogP contribution is 2.72. The van der Waals surface area contributed by atoms with Gasteiger partial charge in [-0.2, -0.15) is 26.3 Å². The number of ketones is 1. The molecule has 254 valence electrons. The number of alkyl halides is 6. The summed E-state index contributed by atoms with van der Waals surface area (Å²) < 4.78 is 85.9. The highest BCUT2D eigenvalue weighted by atomic mass is 19.4. The number of carbonyl (C=O) groups is 3. The number of allylic oxidation sites excluding steroid dienone is 2. The molecule has 9 atom stereocenters. The molecule has 8 unspecified atom stereocenters. The molecule has 0 aromatic rings. The molecule has 5 aliphatic carbocycles. The van der Waals surface area contributed by atoms with Gasteiger partial charge in [-0.05, 0) is 117 Å². The molecule has 0 aromatic carbocycles. The molecule has 5 nitrogen and oxygen atoms in total. The largest absolute Gasteiger partial charge is 0.481 e. The molecule has 0 radical (unpaired) electrons. The van der Waals surface area contributed by atoms with E-state index >= 15 is 0 Å². The quantitative estimate of drug-likeness (QED) is 0.245. The Balaban J connectivity index is 1.47. The maximum absolute atomic E-state index is 14.3. The van der Waals surface area contributed by atoms with E-state index in [0.717, 1.165) is 24.8 Å². The minimum Gasteiger partial charge on any atom is -0.481 e. The van der Waals surface area contributed by atoms with Gasteiger partial charge in [0.15, 0.2) is 5.78 Å². The Labute approximate surface area is 260 Å². The first-order chi connectivity index (χ1) is 20.3. The van der Waals surface area contributed by atoms with Gasteiger partial charge in [0.1, 0.15) is 0 Å². The van der Waals surface area contributed by atoms with Crippen molar-refractivity contribution in [3.63, 3.8) is 0 Å². The first-order valence-electron chi connectivity index (χ1n) is 16.1. The van der Waals surface area contributed by atoms with E-state index in [1.807, 2.05) is 6.92 Å². The van der Waals surface area contributed by atoms with Crippen LogP contribution in [-0.4, -0.2) is 40.8 Å². The monoisotopic (exact) mass is 648 g/mol. The lowest BCUT2D eigenvalue weighted by Gasteiger charge is -2.67. The van der Waals surface area contributed by atoms with Gasteiger partial charge in [0.2, 0.25) is 0 Å². The molecular formula is C34H46F6O5. The van der Waals surface area contributed by atoms with Crippen molar-refractivity contribution in [2.75, 3.05) is 0 Å². The smallest absolute Gasteiger partial charge is 0.437 e. The number of ether oxygens (including phenoxy) is 1. The predicted octanol–water partition coefficient (Wildman–Crippen LogP) is 8.70. The summed E-state index contributed by atoms with van der Waals surface area (Å²) in [7, 11) is 0. The van der Waals surface area contributed by atoms with Crippen molar-refractivity contribution < 1.29 is 50.6 Å². The SMILES string of the molecule is CC12CCC3C(=CC(=O)C4C3(C)CCC3C(C)(C)C(C(=O)OC(C)(C(F)(F)F)C(F)(F)F)CCC34C)C1C[C@@](C)(C(=O)O)CC2. The molecule has 4 fully saturated rings. The van der Waals surface area contributed by atoms with Crippen molar-refractivity contribution in [2.45, 2.75) is 124 Å². The van der Waals surface area contributed by atoms with Gasteiger partial charge in [0.05, 0.1) is 11.3 Å². The van der Waals surface area contributed by atoms with Gasteiger partial charge in [0.25, 0.3) is 5.60 Å². The standard InChI is InChI=1S/C34H46F6O5/c1-27(2)20(25(42)45-32(7,33(35,36)37)34(38,39)40)9-12-31(6)23(27)10-13-30(5)19-8-11-28(3)14-15-29(4,26(43)44)17-21(28)18(19)16-22(41)24(30)31/h16,19-21,23-24H,8-15,17H2,1-7H3,(H,43,44)/t19?,20?,21?,23?,24?,28?,29-,30?,31?/m0/s1. The number of halogens is 6. The van der Waals surface area contributed by atoms with Crippen LogP contribution in [0.5, 0.6) is 0 Å². The van der Waals surface area contributed by atoms with E-state index in [-0.39, 0.29) is 48.7 Å². The van der Waals surface area contributed by atoms with Gasteiger partial charge in [-0.25, -0.2) is 0 Å². The van der Waals surface area contributed by atoms with Gasteiger partial charge in [-0.15, -0.1) is 0 Å².